The largest absolute Gasteiger partial charge is 0.344 e. The Morgan fingerprint density at radius 3 is 2.59 bits per heavy atom. The molecule has 0 aliphatic heterocycles. The predicted octanol–water partition coefficient (Wildman–Crippen LogP) is 4.73. The van der Waals surface area contributed by atoms with Gasteiger partial charge in [0, 0.05) is 24.4 Å². The van der Waals surface area contributed by atoms with E-state index in [-0.39, 0.29) is 17.9 Å². The van der Waals surface area contributed by atoms with Gasteiger partial charge in [0.25, 0.3) is 0 Å². The summed E-state index contributed by atoms with van der Waals surface area (Å²) in [6.45, 7) is 4.08. The molecule has 1 amide bonds. The minimum atomic E-state index is -0.296. The smallest absolute Gasteiger partial charge is 0.249 e. The molecule has 1 N–H and O–H groups in total. The lowest BCUT2D eigenvalue weighted by Crippen LogP contribution is -2.32. The number of para-hydroxylation sites is 3. The number of carbonyl (C=O) groups excluding carboxylic acids is 1. The van der Waals surface area contributed by atoms with Crippen molar-refractivity contribution >= 4 is 16.9 Å². The Hall–Kier alpha value is -3.48. The number of fused-ring (bicyclic) bond motifs is 1. The van der Waals surface area contributed by atoms with E-state index in [4.69, 9.17) is 9.51 Å². The van der Waals surface area contributed by atoms with Crippen LogP contribution in [0.25, 0.3) is 16.7 Å². The van der Waals surface area contributed by atoms with Crippen LogP contribution in [0.15, 0.2) is 59.1 Å². The first-order valence-electron chi connectivity index (χ1n) is 11.2. The molecule has 1 fully saturated rings. The Kier molecular flexibility index (Phi) is 5.47. The number of amides is 1. The lowest BCUT2D eigenvalue weighted by atomic mass is 10.0. The monoisotopic (exact) mass is 429 g/mol. The van der Waals surface area contributed by atoms with Crippen LogP contribution >= 0.6 is 0 Å². The minimum Gasteiger partial charge on any atom is -0.344 e. The summed E-state index contributed by atoms with van der Waals surface area (Å²) in [7, 11) is 0. The zero-order chi connectivity index (χ0) is 22.1. The highest BCUT2D eigenvalue weighted by atomic mass is 16.5. The summed E-state index contributed by atoms with van der Waals surface area (Å²) in [5, 5.41) is 7.20. The highest BCUT2D eigenvalue weighted by Crippen LogP contribution is 2.38. The van der Waals surface area contributed by atoms with Crippen molar-refractivity contribution in [3.05, 3.63) is 72.1 Å². The summed E-state index contributed by atoms with van der Waals surface area (Å²) >= 11 is 0. The lowest BCUT2D eigenvalue weighted by molar-refractivity contribution is -0.122. The van der Waals surface area contributed by atoms with E-state index in [1.165, 1.54) is 0 Å². The van der Waals surface area contributed by atoms with E-state index in [0.29, 0.717) is 24.7 Å². The zero-order valence-electron chi connectivity index (χ0n) is 18.4. The number of hydrogen-bond donors (Lipinski definition) is 1. The van der Waals surface area contributed by atoms with Crippen molar-refractivity contribution in [2.45, 2.75) is 51.5 Å². The summed E-state index contributed by atoms with van der Waals surface area (Å²) < 4.78 is 7.61. The van der Waals surface area contributed by atoms with Gasteiger partial charge in [-0.1, -0.05) is 49.3 Å². The van der Waals surface area contributed by atoms with Crippen molar-refractivity contribution in [1.29, 1.82) is 0 Å². The van der Waals surface area contributed by atoms with Crippen molar-refractivity contribution in [3.8, 4) is 5.69 Å². The molecule has 2 heterocycles. The van der Waals surface area contributed by atoms with Crippen LogP contribution in [-0.4, -0.2) is 25.6 Å². The van der Waals surface area contributed by atoms with Gasteiger partial charge in [-0.25, -0.2) is 4.98 Å². The van der Waals surface area contributed by atoms with Crippen molar-refractivity contribution in [1.82, 2.24) is 25.0 Å². The molecule has 32 heavy (non-hydrogen) atoms. The summed E-state index contributed by atoms with van der Waals surface area (Å²) in [5.74, 6) is 2.62. The zero-order valence-corrected chi connectivity index (χ0v) is 18.4. The number of hydrogen-bond acceptors (Lipinski definition) is 5. The van der Waals surface area contributed by atoms with E-state index in [0.717, 1.165) is 41.2 Å². The van der Waals surface area contributed by atoms with Gasteiger partial charge in [0.15, 0.2) is 5.82 Å². The third-order valence-electron chi connectivity index (χ3n) is 5.87. The second-order valence-corrected chi connectivity index (χ2v) is 8.74. The molecule has 0 radical (unpaired) electrons. The molecule has 0 spiro atoms. The van der Waals surface area contributed by atoms with E-state index in [9.17, 15) is 4.79 Å². The van der Waals surface area contributed by atoms with Crippen LogP contribution in [0.4, 0.5) is 0 Å². The normalized spacial score (nSPS) is 14.7. The third-order valence-corrected chi connectivity index (χ3v) is 5.87. The maximum absolute atomic E-state index is 12.9. The highest BCUT2D eigenvalue weighted by Gasteiger charge is 2.31. The molecular formula is C25H27N5O2. The van der Waals surface area contributed by atoms with Crippen LogP contribution in [-0.2, 0) is 11.2 Å². The number of nitrogens with zero attached hydrogens (tertiary/aromatic N) is 4. The Labute approximate surface area is 186 Å². The molecule has 7 nitrogen and oxygen atoms in total. The third kappa shape index (κ3) is 4.15. The second-order valence-electron chi connectivity index (χ2n) is 8.74. The minimum absolute atomic E-state index is 0.0541. The molecule has 4 aromatic rings. The summed E-state index contributed by atoms with van der Waals surface area (Å²) in [6.07, 6.45) is 3.07. The number of aryl methyl sites for hydroxylation is 1. The molecule has 164 valence electrons. The Balaban J connectivity index is 1.33. The number of benzene rings is 2. The number of imidazole rings is 1. The number of nitrogens with one attached hydrogen (secondary N) is 1. The van der Waals surface area contributed by atoms with E-state index in [1.54, 1.807) is 0 Å². The first-order valence-corrected chi connectivity index (χ1v) is 11.2. The highest BCUT2D eigenvalue weighted by molar-refractivity contribution is 5.79. The van der Waals surface area contributed by atoms with Gasteiger partial charge in [-0.05, 0) is 43.0 Å². The van der Waals surface area contributed by atoms with Crippen LogP contribution in [0, 0.1) is 5.92 Å². The van der Waals surface area contributed by atoms with Crippen LogP contribution in [0.1, 0.15) is 62.6 Å². The quantitative estimate of drug-likeness (QED) is 0.438. The topological polar surface area (TPSA) is 85.8 Å². The van der Waals surface area contributed by atoms with Crippen LogP contribution in [0.5, 0.6) is 0 Å². The molecule has 0 bridgehead atoms. The van der Waals surface area contributed by atoms with Gasteiger partial charge in [-0.2, -0.15) is 4.98 Å². The average molecular weight is 430 g/mol. The summed E-state index contributed by atoms with van der Waals surface area (Å²) in [5.41, 5.74) is 2.99. The molecule has 1 aliphatic rings. The molecule has 2 aromatic carbocycles. The molecular weight excluding hydrogens is 402 g/mol. The molecule has 1 unspecified atom stereocenters. The lowest BCUT2D eigenvalue weighted by Gasteiger charge is -2.18. The predicted molar refractivity (Wildman–Crippen MR) is 121 cm³/mol. The maximum Gasteiger partial charge on any atom is 0.249 e. The standard InChI is InChI=1S/C25H27N5O2/c1-16(2)23(25-28-24(29-32-25)17-12-13-17)27-22(31)15-14-21-26-19-10-6-7-11-20(19)30(21)18-8-4-3-5-9-18/h3-11,16-17,23H,12-15H2,1-2H3,(H,27,31). The second kappa shape index (κ2) is 8.57. The van der Waals surface area contributed by atoms with Gasteiger partial charge in [-0.15, -0.1) is 0 Å². The van der Waals surface area contributed by atoms with E-state index < -0.39 is 0 Å². The van der Waals surface area contributed by atoms with Crippen LogP contribution < -0.4 is 5.32 Å². The molecule has 2 aromatic heterocycles. The van der Waals surface area contributed by atoms with Crippen LogP contribution in [0.2, 0.25) is 0 Å². The van der Waals surface area contributed by atoms with E-state index in [2.05, 4.69) is 38.2 Å². The fourth-order valence-electron chi connectivity index (χ4n) is 3.97. The Morgan fingerprint density at radius 1 is 1.09 bits per heavy atom. The summed E-state index contributed by atoms with van der Waals surface area (Å²) in [6, 6.07) is 17.9. The van der Waals surface area contributed by atoms with Gasteiger partial charge in [0.05, 0.1) is 11.0 Å². The van der Waals surface area contributed by atoms with Crippen molar-refractivity contribution in [3.63, 3.8) is 0 Å². The molecule has 7 heteroatoms. The van der Waals surface area contributed by atoms with Gasteiger partial charge >= 0.3 is 0 Å². The first-order chi connectivity index (χ1) is 15.6. The van der Waals surface area contributed by atoms with Gasteiger partial charge in [0.1, 0.15) is 11.9 Å². The number of carbonyl (C=O) groups is 1. The average Bonchev–Trinajstić information content (AvgIpc) is 3.42. The maximum atomic E-state index is 12.9. The van der Waals surface area contributed by atoms with E-state index >= 15 is 0 Å². The molecule has 1 aliphatic carbocycles. The number of rotatable bonds is 8. The molecule has 1 saturated carbocycles. The first kappa shape index (κ1) is 20.4. The van der Waals surface area contributed by atoms with Gasteiger partial charge in [0.2, 0.25) is 11.8 Å². The SMILES string of the molecule is CC(C)C(NC(=O)CCc1nc2ccccc2n1-c1ccccc1)c1nc(C2CC2)no1. The Morgan fingerprint density at radius 2 is 1.84 bits per heavy atom. The van der Waals surface area contributed by atoms with Crippen molar-refractivity contribution in [2.75, 3.05) is 0 Å². The van der Waals surface area contributed by atoms with E-state index in [1.807, 2.05) is 50.2 Å². The summed E-state index contributed by atoms with van der Waals surface area (Å²) in [4.78, 5) is 22.2. The fraction of sp³-hybridized carbons (Fsp3) is 0.360. The fourth-order valence-corrected chi connectivity index (χ4v) is 3.97. The van der Waals surface area contributed by atoms with Crippen LogP contribution in [0.3, 0.4) is 0 Å². The van der Waals surface area contributed by atoms with Crippen molar-refractivity contribution in [2.24, 2.45) is 5.92 Å². The van der Waals surface area contributed by atoms with Gasteiger partial charge < -0.3 is 9.84 Å². The van der Waals surface area contributed by atoms with Gasteiger partial charge in [-0.3, -0.25) is 9.36 Å². The Bertz CT molecular complexity index is 1220. The molecule has 0 saturated heterocycles. The molecule has 5 rings (SSSR count). The molecule has 1 atom stereocenters. The number of aromatic nitrogens is 4. The van der Waals surface area contributed by atoms with Crippen molar-refractivity contribution < 1.29 is 9.32 Å².